The minimum absolute atomic E-state index is 0.109. The zero-order valence-electron chi connectivity index (χ0n) is 9.98. The highest BCUT2D eigenvalue weighted by Gasteiger charge is 2.28. The van der Waals surface area contributed by atoms with Gasteiger partial charge in [0.05, 0.1) is 12.6 Å². The van der Waals surface area contributed by atoms with Gasteiger partial charge < -0.3 is 4.74 Å². The Labute approximate surface area is 97.8 Å². The van der Waals surface area contributed by atoms with Crippen molar-refractivity contribution in [3.63, 3.8) is 0 Å². The summed E-state index contributed by atoms with van der Waals surface area (Å²) in [6, 6.07) is -0.241. The average Bonchev–Trinajstić information content (AvgIpc) is 2.72. The van der Waals surface area contributed by atoms with E-state index in [2.05, 4.69) is 15.0 Å². The van der Waals surface area contributed by atoms with Crippen LogP contribution in [0, 0.1) is 0 Å². The highest BCUT2D eigenvalue weighted by Crippen LogP contribution is 2.25. The summed E-state index contributed by atoms with van der Waals surface area (Å²) in [4.78, 5) is 11.4. The molecule has 7 heteroatoms. The maximum Gasteiger partial charge on any atom is 0.361 e. The molecule has 0 aromatic carbocycles. The number of halogens is 2. The highest BCUT2D eigenvalue weighted by atomic mass is 19.3. The molecule has 0 spiro atoms. The second kappa shape index (κ2) is 5.70. The van der Waals surface area contributed by atoms with Gasteiger partial charge in [-0.25, -0.2) is 18.3 Å². The van der Waals surface area contributed by atoms with E-state index in [1.165, 1.54) is 0 Å². The SMILES string of the molecule is CCOC(=O)c1nnn(C(C)CC)c1C(F)F. The third-order valence-electron chi connectivity index (χ3n) is 2.41. The van der Waals surface area contributed by atoms with Crippen LogP contribution in [-0.4, -0.2) is 27.6 Å². The normalized spacial score (nSPS) is 12.8. The molecule has 0 N–H and O–H groups in total. The van der Waals surface area contributed by atoms with E-state index in [1.807, 2.05) is 6.92 Å². The Bertz CT molecular complexity index is 393. The second-order valence-electron chi connectivity index (χ2n) is 3.55. The van der Waals surface area contributed by atoms with Crippen LogP contribution in [0.1, 0.15) is 55.8 Å². The number of ether oxygens (including phenoxy) is 1. The fourth-order valence-corrected chi connectivity index (χ4v) is 1.35. The number of esters is 1. The van der Waals surface area contributed by atoms with Crippen molar-refractivity contribution in [2.24, 2.45) is 0 Å². The van der Waals surface area contributed by atoms with Crippen molar-refractivity contribution in [3.05, 3.63) is 11.4 Å². The standard InChI is InChI=1S/C10H15F2N3O2/c1-4-6(3)15-8(9(11)12)7(13-14-15)10(16)17-5-2/h6,9H,4-5H2,1-3H3. The van der Waals surface area contributed by atoms with Gasteiger partial charge >= 0.3 is 5.97 Å². The largest absolute Gasteiger partial charge is 0.461 e. The van der Waals surface area contributed by atoms with E-state index in [-0.39, 0.29) is 12.6 Å². The molecular weight excluding hydrogens is 232 g/mol. The highest BCUT2D eigenvalue weighted by molar-refractivity contribution is 5.88. The van der Waals surface area contributed by atoms with E-state index in [0.29, 0.717) is 6.42 Å². The molecule has 0 fully saturated rings. The van der Waals surface area contributed by atoms with Gasteiger partial charge in [0.2, 0.25) is 0 Å². The molecule has 0 aliphatic carbocycles. The first-order valence-electron chi connectivity index (χ1n) is 5.43. The van der Waals surface area contributed by atoms with Crippen molar-refractivity contribution in [2.45, 2.75) is 39.7 Å². The number of alkyl halides is 2. The van der Waals surface area contributed by atoms with Crippen LogP contribution in [0.25, 0.3) is 0 Å². The summed E-state index contributed by atoms with van der Waals surface area (Å²) < 4.78 is 31.6. The number of carbonyl (C=O) groups is 1. The number of rotatable bonds is 5. The zero-order chi connectivity index (χ0) is 13.0. The lowest BCUT2D eigenvalue weighted by atomic mass is 10.2. The van der Waals surface area contributed by atoms with Gasteiger partial charge in [0.1, 0.15) is 5.69 Å². The van der Waals surface area contributed by atoms with Crippen LogP contribution in [0.5, 0.6) is 0 Å². The smallest absolute Gasteiger partial charge is 0.361 e. The number of carbonyl (C=O) groups excluding carboxylic acids is 1. The van der Waals surface area contributed by atoms with Crippen molar-refractivity contribution in [3.8, 4) is 0 Å². The molecule has 0 saturated carbocycles. The molecule has 1 unspecified atom stereocenters. The lowest BCUT2D eigenvalue weighted by Crippen LogP contribution is -2.13. The van der Waals surface area contributed by atoms with Crippen molar-refractivity contribution in [1.82, 2.24) is 15.0 Å². The van der Waals surface area contributed by atoms with E-state index in [4.69, 9.17) is 0 Å². The molecular formula is C10H15F2N3O2. The molecule has 1 aromatic rings. The number of aromatic nitrogens is 3. The van der Waals surface area contributed by atoms with Crippen LogP contribution in [-0.2, 0) is 4.74 Å². The Balaban J connectivity index is 3.15. The molecule has 17 heavy (non-hydrogen) atoms. The first-order chi connectivity index (χ1) is 8.02. The molecule has 0 aliphatic rings. The molecule has 0 saturated heterocycles. The Kier molecular flexibility index (Phi) is 4.53. The minimum Gasteiger partial charge on any atom is -0.461 e. The topological polar surface area (TPSA) is 57.0 Å². The lowest BCUT2D eigenvalue weighted by Gasteiger charge is -2.12. The van der Waals surface area contributed by atoms with Gasteiger partial charge in [-0.2, -0.15) is 0 Å². The minimum atomic E-state index is -2.81. The van der Waals surface area contributed by atoms with Gasteiger partial charge in [-0.15, -0.1) is 5.10 Å². The predicted molar refractivity (Wildman–Crippen MR) is 55.9 cm³/mol. The number of hydrogen-bond acceptors (Lipinski definition) is 4. The van der Waals surface area contributed by atoms with Crippen LogP contribution in [0.2, 0.25) is 0 Å². The van der Waals surface area contributed by atoms with Gasteiger partial charge in [-0.05, 0) is 20.3 Å². The molecule has 0 aliphatic heterocycles. The summed E-state index contributed by atoms with van der Waals surface area (Å²) in [7, 11) is 0. The van der Waals surface area contributed by atoms with Crippen LogP contribution < -0.4 is 0 Å². The van der Waals surface area contributed by atoms with E-state index in [0.717, 1.165) is 4.68 Å². The zero-order valence-corrected chi connectivity index (χ0v) is 9.98. The summed E-state index contributed by atoms with van der Waals surface area (Å²) in [6.07, 6.45) is -2.19. The van der Waals surface area contributed by atoms with Crippen molar-refractivity contribution in [2.75, 3.05) is 6.61 Å². The van der Waals surface area contributed by atoms with Gasteiger partial charge in [-0.3, -0.25) is 0 Å². The summed E-state index contributed by atoms with van der Waals surface area (Å²) in [6.45, 7) is 5.28. The predicted octanol–water partition coefficient (Wildman–Crippen LogP) is 2.36. The summed E-state index contributed by atoms with van der Waals surface area (Å²) in [5.74, 6) is -0.864. The molecule has 0 amide bonds. The molecule has 96 valence electrons. The van der Waals surface area contributed by atoms with Gasteiger partial charge in [0.25, 0.3) is 6.43 Å². The van der Waals surface area contributed by atoms with Gasteiger partial charge in [-0.1, -0.05) is 12.1 Å². The summed E-state index contributed by atoms with van der Waals surface area (Å²) in [5.41, 5.74) is -0.875. The van der Waals surface area contributed by atoms with E-state index >= 15 is 0 Å². The monoisotopic (exact) mass is 247 g/mol. The Morgan fingerprint density at radius 1 is 1.47 bits per heavy atom. The van der Waals surface area contributed by atoms with Crippen LogP contribution in [0.3, 0.4) is 0 Å². The Morgan fingerprint density at radius 2 is 2.12 bits per heavy atom. The van der Waals surface area contributed by atoms with E-state index in [9.17, 15) is 13.6 Å². The summed E-state index contributed by atoms with van der Waals surface area (Å²) in [5, 5.41) is 7.08. The van der Waals surface area contributed by atoms with Crippen molar-refractivity contribution >= 4 is 5.97 Å². The van der Waals surface area contributed by atoms with Crippen LogP contribution >= 0.6 is 0 Å². The third-order valence-corrected chi connectivity index (χ3v) is 2.41. The van der Waals surface area contributed by atoms with E-state index in [1.54, 1.807) is 13.8 Å². The number of hydrogen-bond donors (Lipinski definition) is 0. The maximum absolute atomic E-state index is 12.9. The lowest BCUT2D eigenvalue weighted by molar-refractivity contribution is 0.0506. The maximum atomic E-state index is 12.9. The fourth-order valence-electron chi connectivity index (χ4n) is 1.35. The van der Waals surface area contributed by atoms with Crippen LogP contribution in [0.15, 0.2) is 0 Å². The fraction of sp³-hybridized carbons (Fsp3) is 0.700. The second-order valence-corrected chi connectivity index (χ2v) is 3.55. The molecule has 5 nitrogen and oxygen atoms in total. The quantitative estimate of drug-likeness (QED) is 0.749. The molecule has 1 rings (SSSR count). The molecule has 1 atom stereocenters. The molecule has 1 aromatic heterocycles. The van der Waals surface area contributed by atoms with Crippen molar-refractivity contribution < 1.29 is 18.3 Å². The first-order valence-corrected chi connectivity index (χ1v) is 5.43. The third kappa shape index (κ3) is 2.78. The molecule has 1 heterocycles. The first kappa shape index (κ1) is 13.5. The molecule has 0 bridgehead atoms. The van der Waals surface area contributed by atoms with Gasteiger partial charge in [0, 0.05) is 0 Å². The van der Waals surface area contributed by atoms with Crippen molar-refractivity contribution in [1.29, 1.82) is 0 Å². The van der Waals surface area contributed by atoms with Gasteiger partial charge in [0.15, 0.2) is 5.69 Å². The number of nitrogens with zero attached hydrogens (tertiary/aromatic N) is 3. The molecule has 0 radical (unpaired) electrons. The Hall–Kier alpha value is -1.53. The van der Waals surface area contributed by atoms with Crippen LogP contribution in [0.4, 0.5) is 8.78 Å². The van der Waals surface area contributed by atoms with E-state index < -0.39 is 23.8 Å². The summed E-state index contributed by atoms with van der Waals surface area (Å²) >= 11 is 0. The Morgan fingerprint density at radius 3 is 2.59 bits per heavy atom. The average molecular weight is 247 g/mol.